The van der Waals surface area contributed by atoms with Gasteiger partial charge in [0.15, 0.2) is 5.75 Å². The van der Waals surface area contributed by atoms with Crippen molar-refractivity contribution in [1.29, 1.82) is 0 Å². The summed E-state index contributed by atoms with van der Waals surface area (Å²) in [4.78, 5) is 0. The fourth-order valence-electron chi connectivity index (χ4n) is 1.24. The van der Waals surface area contributed by atoms with Crippen LogP contribution in [0.15, 0.2) is 18.2 Å². The lowest BCUT2D eigenvalue weighted by molar-refractivity contribution is 0.421. The fraction of sp³-hybridized carbons (Fsp3) is 0.111. The van der Waals surface area contributed by atoms with Crippen molar-refractivity contribution in [2.24, 2.45) is 0 Å². The molecule has 1 heterocycles. The lowest BCUT2D eigenvalue weighted by Gasteiger charge is -1.97. The highest BCUT2D eigenvalue weighted by Gasteiger charge is 2.12. The lowest BCUT2D eigenvalue weighted by atomic mass is 10.2. The predicted molar refractivity (Wildman–Crippen MR) is 55.1 cm³/mol. The smallest absolute Gasteiger partial charge is 0.156 e. The first-order valence-corrected chi connectivity index (χ1v) is 4.87. The van der Waals surface area contributed by atoms with Crippen LogP contribution in [-0.2, 0) is 0 Å². The molecule has 0 atom stereocenters. The summed E-state index contributed by atoms with van der Waals surface area (Å²) in [6.45, 7) is 0. The summed E-state index contributed by atoms with van der Waals surface area (Å²) in [5, 5.41) is 10.4. The van der Waals surface area contributed by atoms with Crippen LogP contribution in [0.4, 0.5) is 0 Å². The van der Waals surface area contributed by atoms with Gasteiger partial charge in [-0.3, -0.25) is 0 Å². The monoisotopic (exact) mass is 214 g/mol. The number of rotatable bonds is 1. The third-order valence-corrected chi connectivity index (χ3v) is 3.21. The van der Waals surface area contributed by atoms with Gasteiger partial charge < -0.3 is 9.84 Å². The Morgan fingerprint density at radius 1 is 1.46 bits per heavy atom. The summed E-state index contributed by atoms with van der Waals surface area (Å²) in [5.41, 5.74) is 0. The van der Waals surface area contributed by atoms with Gasteiger partial charge >= 0.3 is 0 Å². The van der Waals surface area contributed by atoms with E-state index in [9.17, 15) is 5.11 Å². The fourth-order valence-corrected chi connectivity index (χ4v) is 2.56. The number of methoxy groups -OCH3 is 1. The number of phenolic OH excluding ortho intramolecular Hbond substituents is 1. The lowest BCUT2D eigenvalue weighted by Crippen LogP contribution is -1.79. The minimum absolute atomic E-state index is 0.243. The number of thiophene rings is 1. The van der Waals surface area contributed by atoms with E-state index in [-0.39, 0.29) is 5.75 Å². The quantitative estimate of drug-likeness (QED) is 0.790. The van der Waals surface area contributed by atoms with Crippen LogP contribution in [0.25, 0.3) is 10.1 Å². The van der Waals surface area contributed by atoms with E-state index in [1.54, 1.807) is 19.2 Å². The topological polar surface area (TPSA) is 29.5 Å². The first-order chi connectivity index (χ1) is 6.24. The van der Waals surface area contributed by atoms with Gasteiger partial charge in [-0.1, -0.05) is 17.7 Å². The van der Waals surface area contributed by atoms with Crippen molar-refractivity contribution in [2.45, 2.75) is 0 Å². The Labute approximate surface area is 84.3 Å². The van der Waals surface area contributed by atoms with E-state index in [0.717, 1.165) is 10.1 Å². The molecule has 0 amide bonds. The largest absolute Gasteiger partial charge is 0.506 e. The van der Waals surface area contributed by atoms with E-state index in [0.29, 0.717) is 10.1 Å². The standard InChI is InChI=1S/C9H7ClO2S/c1-12-7-5-3-2-4-6(11)8(5)13-9(7)10/h2-4,11H,1H3. The predicted octanol–water partition coefficient (Wildman–Crippen LogP) is 3.27. The van der Waals surface area contributed by atoms with E-state index >= 15 is 0 Å². The Morgan fingerprint density at radius 3 is 2.92 bits per heavy atom. The van der Waals surface area contributed by atoms with E-state index < -0.39 is 0 Å². The highest BCUT2D eigenvalue weighted by molar-refractivity contribution is 7.23. The first-order valence-electron chi connectivity index (χ1n) is 3.68. The van der Waals surface area contributed by atoms with Gasteiger partial charge in [-0.15, -0.1) is 11.3 Å². The van der Waals surface area contributed by atoms with Crippen LogP contribution in [0.2, 0.25) is 4.34 Å². The van der Waals surface area contributed by atoms with Crippen LogP contribution in [0.5, 0.6) is 11.5 Å². The number of aromatic hydroxyl groups is 1. The van der Waals surface area contributed by atoms with Crippen molar-refractivity contribution in [2.75, 3.05) is 7.11 Å². The normalized spacial score (nSPS) is 10.6. The number of hydrogen-bond donors (Lipinski definition) is 1. The molecular weight excluding hydrogens is 208 g/mol. The number of benzene rings is 1. The van der Waals surface area contributed by atoms with Crippen molar-refractivity contribution in [3.05, 3.63) is 22.5 Å². The molecule has 0 unspecified atom stereocenters. The van der Waals surface area contributed by atoms with Crippen LogP contribution in [0.1, 0.15) is 0 Å². The molecule has 0 aliphatic rings. The molecule has 13 heavy (non-hydrogen) atoms. The Kier molecular flexibility index (Phi) is 2.06. The van der Waals surface area contributed by atoms with Crippen molar-refractivity contribution in [3.63, 3.8) is 0 Å². The molecule has 1 aromatic heterocycles. The van der Waals surface area contributed by atoms with Gasteiger partial charge in [-0.2, -0.15) is 0 Å². The molecule has 1 aromatic carbocycles. The second kappa shape index (κ2) is 3.09. The van der Waals surface area contributed by atoms with Crippen LogP contribution >= 0.6 is 22.9 Å². The van der Waals surface area contributed by atoms with E-state index in [1.807, 2.05) is 6.07 Å². The zero-order chi connectivity index (χ0) is 9.42. The van der Waals surface area contributed by atoms with Crippen molar-refractivity contribution < 1.29 is 9.84 Å². The number of halogens is 1. The van der Waals surface area contributed by atoms with Crippen LogP contribution in [-0.4, -0.2) is 12.2 Å². The number of fused-ring (bicyclic) bond motifs is 1. The maximum atomic E-state index is 9.50. The van der Waals surface area contributed by atoms with Gasteiger partial charge in [-0.05, 0) is 12.1 Å². The average molecular weight is 215 g/mol. The molecule has 0 aliphatic carbocycles. The van der Waals surface area contributed by atoms with Crippen molar-refractivity contribution in [3.8, 4) is 11.5 Å². The Morgan fingerprint density at radius 2 is 2.23 bits per heavy atom. The maximum Gasteiger partial charge on any atom is 0.156 e. The molecule has 0 bridgehead atoms. The van der Waals surface area contributed by atoms with Crippen LogP contribution in [0, 0.1) is 0 Å². The summed E-state index contributed by atoms with van der Waals surface area (Å²) in [5.74, 6) is 0.880. The van der Waals surface area contributed by atoms with Gasteiger partial charge in [0.1, 0.15) is 10.1 Å². The summed E-state index contributed by atoms with van der Waals surface area (Å²) >= 11 is 7.24. The van der Waals surface area contributed by atoms with E-state index in [4.69, 9.17) is 16.3 Å². The number of phenols is 1. The van der Waals surface area contributed by atoms with Crippen molar-refractivity contribution in [1.82, 2.24) is 0 Å². The second-order valence-corrected chi connectivity index (χ2v) is 4.19. The second-order valence-electron chi connectivity index (χ2n) is 2.56. The summed E-state index contributed by atoms with van der Waals surface area (Å²) in [6, 6.07) is 5.27. The third-order valence-electron chi connectivity index (χ3n) is 1.81. The van der Waals surface area contributed by atoms with Crippen molar-refractivity contribution >= 4 is 33.0 Å². The van der Waals surface area contributed by atoms with Crippen LogP contribution < -0.4 is 4.74 Å². The molecule has 0 saturated carbocycles. The van der Waals surface area contributed by atoms with Gasteiger partial charge in [0.25, 0.3) is 0 Å². The third kappa shape index (κ3) is 1.24. The molecule has 0 fully saturated rings. The van der Waals surface area contributed by atoms with Gasteiger partial charge in [0, 0.05) is 5.39 Å². The first kappa shape index (κ1) is 8.66. The molecule has 2 nitrogen and oxygen atoms in total. The number of hydrogen-bond acceptors (Lipinski definition) is 3. The number of ether oxygens (including phenoxy) is 1. The van der Waals surface area contributed by atoms with Crippen LogP contribution in [0.3, 0.4) is 0 Å². The van der Waals surface area contributed by atoms with E-state index in [1.165, 1.54) is 11.3 Å². The Balaban J connectivity index is 2.86. The molecular formula is C9H7ClO2S. The molecule has 1 N–H and O–H groups in total. The minimum atomic E-state index is 0.243. The molecule has 2 rings (SSSR count). The highest BCUT2D eigenvalue weighted by Crippen LogP contribution is 2.44. The zero-order valence-electron chi connectivity index (χ0n) is 6.87. The minimum Gasteiger partial charge on any atom is -0.506 e. The summed E-state index contributed by atoms with van der Waals surface area (Å²) in [6.07, 6.45) is 0. The van der Waals surface area contributed by atoms with E-state index in [2.05, 4.69) is 0 Å². The van der Waals surface area contributed by atoms with Gasteiger partial charge in [0.2, 0.25) is 0 Å². The molecule has 0 spiro atoms. The van der Waals surface area contributed by atoms with Gasteiger partial charge in [0.05, 0.1) is 11.8 Å². The zero-order valence-corrected chi connectivity index (χ0v) is 8.45. The van der Waals surface area contributed by atoms with Gasteiger partial charge in [-0.25, -0.2) is 0 Å². The Hall–Kier alpha value is -0.930. The SMILES string of the molecule is COc1c(Cl)sc2c(O)cccc12. The molecule has 0 radical (unpaired) electrons. The Bertz CT molecular complexity index is 450. The maximum absolute atomic E-state index is 9.50. The average Bonchev–Trinajstić information content (AvgIpc) is 2.43. The highest BCUT2D eigenvalue weighted by atomic mass is 35.5. The summed E-state index contributed by atoms with van der Waals surface area (Å²) in [7, 11) is 1.57. The molecule has 0 saturated heterocycles. The summed E-state index contributed by atoms with van der Waals surface area (Å²) < 4.78 is 6.46. The molecule has 4 heteroatoms. The molecule has 0 aliphatic heterocycles. The molecule has 68 valence electrons. The molecule has 2 aromatic rings.